The van der Waals surface area contributed by atoms with E-state index in [1.54, 1.807) is 22.8 Å². The minimum atomic E-state index is -3.64. The van der Waals surface area contributed by atoms with E-state index in [2.05, 4.69) is 14.8 Å². The van der Waals surface area contributed by atoms with Crippen molar-refractivity contribution in [1.29, 1.82) is 0 Å². The van der Waals surface area contributed by atoms with Gasteiger partial charge in [-0.25, -0.2) is 17.9 Å². The molecule has 0 radical (unpaired) electrons. The van der Waals surface area contributed by atoms with E-state index in [-0.39, 0.29) is 0 Å². The Bertz CT molecular complexity index is 1020. The Balaban J connectivity index is 1.66. The lowest BCUT2D eigenvalue weighted by Crippen LogP contribution is -2.15. The van der Waals surface area contributed by atoms with Crippen LogP contribution in [0.1, 0.15) is 29.7 Å². The summed E-state index contributed by atoms with van der Waals surface area (Å²) in [4.78, 5) is 4.52. The van der Waals surface area contributed by atoms with Crippen molar-refractivity contribution >= 4 is 21.4 Å². The molecule has 1 N–H and O–H groups in total. The smallest absolute Gasteiger partial charge is 0.262 e. The molecule has 0 unspecified atom stereocenters. The summed E-state index contributed by atoms with van der Waals surface area (Å²) >= 11 is 0. The van der Waals surface area contributed by atoms with Crippen molar-refractivity contribution < 1.29 is 8.42 Å². The van der Waals surface area contributed by atoms with Gasteiger partial charge in [-0.05, 0) is 55.9 Å². The lowest BCUT2D eigenvalue weighted by atomic mass is 9.92. The van der Waals surface area contributed by atoms with E-state index in [0.29, 0.717) is 16.2 Å². The van der Waals surface area contributed by atoms with Gasteiger partial charge in [0, 0.05) is 6.07 Å². The molecule has 2 aromatic heterocycles. The second-order valence-electron chi connectivity index (χ2n) is 6.17. The number of benzene rings is 1. The highest BCUT2D eigenvalue weighted by atomic mass is 32.2. The van der Waals surface area contributed by atoms with Crippen LogP contribution >= 0.6 is 0 Å². The molecule has 2 heterocycles. The Morgan fingerprint density at radius 2 is 1.92 bits per heavy atom. The lowest BCUT2D eigenvalue weighted by Gasteiger charge is -2.17. The Kier molecular flexibility index (Phi) is 3.53. The maximum atomic E-state index is 12.7. The van der Waals surface area contributed by atoms with Gasteiger partial charge in [0.25, 0.3) is 10.0 Å². The van der Waals surface area contributed by atoms with Crippen molar-refractivity contribution in [2.24, 2.45) is 0 Å². The second kappa shape index (κ2) is 5.59. The zero-order valence-electron chi connectivity index (χ0n) is 13.4. The standard InChI is InChI=1S/C17H18N4O2S/c1-12-8-17-18-10-15(11-21(17)19-12)20-24(22,23)16-7-6-13-4-2-3-5-14(13)9-16/h6-11,20H,2-5H2,1H3. The first-order chi connectivity index (χ1) is 11.5. The molecular weight excluding hydrogens is 324 g/mol. The molecule has 0 bridgehead atoms. The summed E-state index contributed by atoms with van der Waals surface area (Å²) in [5, 5.41) is 4.25. The van der Waals surface area contributed by atoms with Crippen LogP contribution in [-0.4, -0.2) is 23.0 Å². The van der Waals surface area contributed by atoms with Crippen molar-refractivity contribution in [3.8, 4) is 0 Å². The second-order valence-corrected chi connectivity index (χ2v) is 7.86. The molecule has 24 heavy (non-hydrogen) atoms. The summed E-state index contributed by atoms with van der Waals surface area (Å²) in [6.07, 6.45) is 7.40. The molecule has 124 valence electrons. The molecule has 1 aliphatic carbocycles. The average molecular weight is 342 g/mol. The predicted octanol–water partition coefficient (Wildman–Crippen LogP) is 2.72. The van der Waals surface area contributed by atoms with Gasteiger partial charge >= 0.3 is 0 Å². The van der Waals surface area contributed by atoms with E-state index in [1.165, 1.54) is 18.2 Å². The van der Waals surface area contributed by atoms with Crippen LogP contribution in [0.2, 0.25) is 0 Å². The largest absolute Gasteiger partial charge is 0.276 e. The van der Waals surface area contributed by atoms with Crippen LogP contribution in [0.15, 0.2) is 41.6 Å². The van der Waals surface area contributed by atoms with Gasteiger partial charge in [0.1, 0.15) is 0 Å². The molecule has 3 aromatic rings. The first-order valence-corrected chi connectivity index (χ1v) is 9.46. The van der Waals surface area contributed by atoms with E-state index in [9.17, 15) is 8.42 Å². The van der Waals surface area contributed by atoms with Crippen LogP contribution in [0.4, 0.5) is 5.69 Å². The fourth-order valence-corrected chi connectivity index (χ4v) is 4.22. The van der Waals surface area contributed by atoms with Gasteiger partial charge in [-0.1, -0.05) is 6.07 Å². The number of hydrogen-bond acceptors (Lipinski definition) is 4. The number of hydrogen-bond donors (Lipinski definition) is 1. The first kappa shape index (κ1) is 15.1. The SMILES string of the molecule is Cc1cc2ncc(NS(=O)(=O)c3ccc4c(c3)CCCC4)cn2n1. The summed E-state index contributed by atoms with van der Waals surface area (Å²) in [6, 6.07) is 7.24. The third-order valence-corrected chi connectivity index (χ3v) is 5.70. The number of fused-ring (bicyclic) bond motifs is 2. The Hall–Kier alpha value is -2.41. The van der Waals surface area contributed by atoms with Gasteiger partial charge in [-0.3, -0.25) is 4.72 Å². The molecule has 7 heteroatoms. The molecule has 0 fully saturated rings. The summed E-state index contributed by atoms with van der Waals surface area (Å²) in [5.41, 5.74) is 4.31. The van der Waals surface area contributed by atoms with E-state index < -0.39 is 10.0 Å². The molecular formula is C17H18N4O2S. The predicted molar refractivity (Wildman–Crippen MR) is 91.6 cm³/mol. The van der Waals surface area contributed by atoms with Gasteiger partial charge in [-0.2, -0.15) is 5.10 Å². The summed E-state index contributed by atoms with van der Waals surface area (Å²) < 4.78 is 29.5. The molecule has 0 amide bonds. The minimum Gasteiger partial charge on any atom is -0.276 e. The fraction of sp³-hybridized carbons (Fsp3) is 0.294. The van der Waals surface area contributed by atoms with Crippen molar-refractivity contribution in [1.82, 2.24) is 14.6 Å². The quantitative estimate of drug-likeness (QED) is 0.794. The van der Waals surface area contributed by atoms with Crippen LogP contribution in [0.3, 0.4) is 0 Å². The van der Waals surface area contributed by atoms with Gasteiger partial charge in [-0.15, -0.1) is 0 Å². The number of nitrogens with zero attached hydrogens (tertiary/aromatic N) is 3. The molecule has 0 saturated heterocycles. The van der Waals surface area contributed by atoms with E-state index in [4.69, 9.17) is 0 Å². The van der Waals surface area contributed by atoms with Gasteiger partial charge in [0.2, 0.25) is 0 Å². The number of anilines is 1. The molecule has 6 nitrogen and oxygen atoms in total. The van der Waals surface area contributed by atoms with Crippen molar-refractivity contribution in [2.75, 3.05) is 4.72 Å². The van der Waals surface area contributed by atoms with E-state index in [1.807, 2.05) is 19.1 Å². The molecule has 0 atom stereocenters. The maximum absolute atomic E-state index is 12.7. The number of nitrogens with one attached hydrogen (secondary N) is 1. The Morgan fingerprint density at radius 3 is 2.75 bits per heavy atom. The third-order valence-electron chi connectivity index (χ3n) is 4.32. The third kappa shape index (κ3) is 2.75. The van der Waals surface area contributed by atoms with Crippen LogP contribution in [0.25, 0.3) is 5.65 Å². The zero-order valence-corrected chi connectivity index (χ0v) is 14.2. The number of aryl methyl sites for hydroxylation is 3. The average Bonchev–Trinajstić information content (AvgIpc) is 2.93. The molecule has 0 saturated carbocycles. The van der Waals surface area contributed by atoms with Crippen LogP contribution in [-0.2, 0) is 22.9 Å². The fourth-order valence-electron chi connectivity index (χ4n) is 3.14. The molecule has 0 aliphatic heterocycles. The minimum absolute atomic E-state index is 0.292. The number of aromatic nitrogens is 3. The molecule has 1 aliphatic rings. The maximum Gasteiger partial charge on any atom is 0.262 e. The highest BCUT2D eigenvalue weighted by molar-refractivity contribution is 7.92. The monoisotopic (exact) mass is 342 g/mol. The normalized spacial score (nSPS) is 14.5. The zero-order chi connectivity index (χ0) is 16.7. The Labute approximate surface area is 140 Å². The van der Waals surface area contributed by atoms with Gasteiger partial charge in [0.15, 0.2) is 5.65 Å². The molecule has 0 spiro atoms. The lowest BCUT2D eigenvalue weighted by molar-refractivity contribution is 0.600. The number of sulfonamides is 1. The van der Waals surface area contributed by atoms with Gasteiger partial charge < -0.3 is 0 Å². The Morgan fingerprint density at radius 1 is 1.12 bits per heavy atom. The van der Waals surface area contributed by atoms with Crippen LogP contribution in [0, 0.1) is 6.92 Å². The van der Waals surface area contributed by atoms with Crippen molar-refractivity contribution in [3.63, 3.8) is 0 Å². The highest BCUT2D eigenvalue weighted by Gasteiger charge is 2.18. The molecule has 1 aromatic carbocycles. The van der Waals surface area contributed by atoms with Crippen LogP contribution < -0.4 is 4.72 Å². The summed E-state index contributed by atoms with van der Waals surface area (Å²) in [5.74, 6) is 0. The number of rotatable bonds is 3. The topological polar surface area (TPSA) is 76.4 Å². The van der Waals surface area contributed by atoms with Crippen molar-refractivity contribution in [2.45, 2.75) is 37.5 Å². The van der Waals surface area contributed by atoms with E-state index in [0.717, 1.165) is 30.5 Å². The highest BCUT2D eigenvalue weighted by Crippen LogP contribution is 2.25. The summed E-state index contributed by atoms with van der Waals surface area (Å²) in [7, 11) is -3.64. The van der Waals surface area contributed by atoms with Crippen molar-refractivity contribution in [3.05, 3.63) is 53.5 Å². The summed E-state index contributed by atoms with van der Waals surface area (Å²) in [6.45, 7) is 1.87. The van der Waals surface area contributed by atoms with E-state index >= 15 is 0 Å². The van der Waals surface area contributed by atoms with Gasteiger partial charge in [0.05, 0.1) is 28.7 Å². The van der Waals surface area contributed by atoms with Crippen LogP contribution in [0.5, 0.6) is 0 Å². The molecule has 4 rings (SSSR count). The first-order valence-electron chi connectivity index (χ1n) is 7.98.